The number of para-hydroxylation sites is 2. The van der Waals surface area contributed by atoms with Gasteiger partial charge in [0.15, 0.2) is 5.16 Å². The second-order valence-corrected chi connectivity index (χ2v) is 10.7. The van der Waals surface area contributed by atoms with Gasteiger partial charge in [-0.15, -0.1) is 0 Å². The number of nitrogen functional groups attached to an aromatic ring is 1. The second-order valence-electron chi connectivity index (χ2n) is 9.66. The number of anilines is 1. The first-order chi connectivity index (χ1) is 17.1. The van der Waals surface area contributed by atoms with E-state index in [1.165, 1.54) is 5.52 Å². The molecule has 2 saturated heterocycles. The molecule has 1 amide bonds. The third-order valence-corrected chi connectivity index (χ3v) is 8.37. The average Bonchev–Trinajstić information content (AvgIpc) is 3.27. The summed E-state index contributed by atoms with van der Waals surface area (Å²) in [6.45, 7) is 6.53. The topological polar surface area (TPSA) is 93.2 Å². The molecule has 9 heteroatoms. The highest BCUT2D eigenvalue weighted by atomic mass is 32.2. The van der Waals surface area contributed by atoms with Crippen LogP contribution >= 0.6 is 11.8 Å². The van der Waals surface area contributed by atoms with Crippen LogP contribution in [-0.4, -0.2) is 67.2 Å². The summed E-state index contributed by atoms with van der Waals surface area (Å²) in [5, 5.41) is 1.12. The van der Waals surface area contributed by atoms with Gasteiger partial charge in [-0.05, 0) is 57.3 Å². The molecule has 2 aliphatic rings. The zero-order valence-corrected chi connectivity index (χ0v) is 21.3. The lowest BCUT2D eigenvalue weighted by Gasteiger charge is -2.38. The summed E-state index contributed by atoms with van der Waals surface area (Å²) < 4.78 is 2.44. The molecule has 0 atom stereocenters. The molecule has 0 radical (unpaired) electrons. The van der Waals surface area contributed by atoms with E-state index in [0.29, 0.717) is 17.9 Å². The number of hydrogen-bond donors (Lipinski definition) is 1. The van der Waals surface area contributed by atoms with E-state index < -0.39 is 0 Å². The highest BCUT2D eigenvalue weighted by Gasteiger charge is 2.32. The first-order valence-electron chi connectivity index (χ1n) is 12.8. The molecule has 5 rings (SSSR count). The van der Waals surface area contributed by atoms with Gasteiger partial charge in [-0.2, -0.15) is 0 Å². The summed E-state index contributed by atoms with van der Waals surface area (Å²) in [5.41, 5.74) is 8.94. The normalized spacial score (nSPS) is 18.4. The fourth-order valence-corrected chi connectivity index (χ4v) is 6.25. The summed E-state index contributed by atoms with van der Waals surface area (Å²) in [6.07, 6.45) is 8.52. The Kier molecular flexibility index (Phi) is 7.53. The van der Waals surface area contributed by atoms with Gasteiger partial charge in [-0.25, -0.2) is 15.0 Å². The molecule has 0 saturated carbocycles. The molecule has 8 nitrogen and oxygen atoms in total. The number of carbonyl (C=O) groups excluding carboxylic acids is 1. The number of benzene rings is 1. The smallest absolute Gasteiger partial charge is 0.225 e. The van der Waals surface area contributed by atoms with Crippen LogP contribution in [0.2, 0.25) is 0 Å². The minimum Gasteiger partial charge on any atom is -0.368 e. The predicted molar refractivity (Wildman–Crippen MR) is 140 cm³/mol. The van der Waals surface area contributed by atoms with Crippen molar-refractivity contribution in [3.63, 3.8) is 0 Å². The number of fused-ring (bicyclic) bond motifs is 1. The van der Waals surface area contributed by atoms with Crippen molar-refractivity contribution in [3.8, 4) is 0 Å². The molecule has 3 aromatic rings. The van der Waals surface area contributed by atoms with Crippen LogP contribution in [0.25, 0.3) is 11.0 Å². The van der Waals surface area contributed by atoms with E-state index in [1.54, 1.807) is 12.4 Å². The van der Waals surface area contributed by atoms with Crippen molar-refractivity contribution >= 4 is 34.7 Å². The number of piperidine rings is 2. The number of carbonyl (C=O) groups is 1. The van der Waals surface area contributed by atoms with Crippen LogP contribution in [-0.2, 0) is 11.3 Å². The van der Waals surface area contributed by atoms with Gasteiger partial charge >= 0.3 is 0 Å². The van der Waals surface area contributed by atoms with Crippen LogP contribution in [0.15, 0.2) is 41.8 Å². The maximum absolute atomic E-state index is 13.3. The second kappa shape index (κ2) is 11.0. The Labute approximate surface area is 211 Å². The number of hydrogen-bond acceptors (Lipinski definition) is 7. The number of rotatable bonds is 7. The molecule has 0 aliphatic carbocycles. The molecule has 0 spiro atoms. The Morgan fingerprint density at radius 2 is 1.77 bits per heavy atom. The van der Waals surface area contributed by atoms with E-state index in [1.807, 2.05) is 11.8 Å². The van der Waals surface area contributed by atoms with E-state index >= 15 is 0 Å². The molecule has 0 unspecified atom stereocenters. The molecule has 186 valence electrons. The van der Waals surface area contributed by atoms with Crippen molar-refractivity contribution in [1.29, 1.82) is 0 Å². The molecule has 4 heterocycles. The van der Waals surface area contributed by atoms with Gasteiger partial charge in [-0.1, -0.05) is 30.8 Å². The van der Waals surface area contributed by atoms with Gasteiger partial charge in [0.1, 0.15) is 0 Å². The minimum absolute atomic E-state index is 0.134. The Bertz CT molecular complexity index is 1130. The minimum atomic E-state index is 0.134. The van der Waals surface area contributed by atoms with Crippen LogP contribution < -0.4 is 5.73 Å². The quantitative estimate of drug-likeness (QED) is 0.498. The fourth-order valence-electron chi connectivity index (χ4n) is 5.32. The number of nitrogens with zero attached hydrogens (tertiary/aromatic N) is 6. The van der Waals surface area contributed by atoms with Crippen molar-refractivity contribution in [3.05, 3.63) is 42.2 Å². The maximum Gasteiger partial charge on any atom is 0.225 e. The van der Waals surface area contributed by atoms with Crippen LogP contribution in [0.1, 0.15) is 50.6 Å². The molecule has 0 bridgehead atoms. The van der Waals surface area contributed by atoms with E-state index in [9.17, 15) is 4.79 Å². The molecule has 1 aromatic carbocycles. The zero-order chi connectivity index (χ0) is 24.2. The summed E-state index contributed by atoms with van der Waals surface area (Å²) in [7, 11) is 0. The van der Waals surface area contributed by atoms with Gasteiger partial charge < -0.3 is 15.2 Å². The van der Waals surface area contributed by atoms with Gasteiger partial charge in [0.2, 0.25) is 11.9 Å². The average molecular weight is 494 g/mol. The Balaban J connectivity index is 1.16. The lowest BCUT2D eigenvalue weighted by molar-refractivity contribution is -0.138. The van der Waals surface area contributed by atoms with Gasteiger partial charge in [0.05, 0.1) is 11.0 Å². The molecule has 2 aromatic heterocycles. The van der Waals surface area contributed by atoms with Crippen molar-refractivity contribution < 1.29 is 4.79 Å². The van der Waals surface area contributed by atoms with Crippen molar-refractivity contribution in [2.75, 3.05) is 37.7 Å². The summed E-state index contributed by atoms with van der Waals surface area (Å²) in [4.78, 5) is 30.9. The molecular weight excluding hydrogens is 458 g/mol. The van der Waals surface area contributed by atoms with Gasteiger partial charge in [-0.3, -0.25) is 9.69 Å². The first-order valence-corrected chi connectivity index (χ1v) is 13.8. The fraction of sp³-hybridized carbons (Fsp3) is 0.538. The Hall–Kier alpha value is -2.65. The molecule has 2 fully saturated rings. The number of aromatic nitrogens is 4. The summed E-state index contributed by atoms with van der Waals surface area (Å²) >= 11 is 1.85. The molecular formula is C26H35N7OS. The first kappa shape index (κ1) is 24.1. The number of likely N-dealkylation sites (tertiary alicyclic amines) is 2. The summed E-state index contributed by atoms with van der Waals surface area (Å²) in [5.74, 6) is 1.86. The van der Waals surface area contributed by atoms with Crippen LogP contribution in [0.5, 0.6) is 0 Å². The zero-order valence-electron chi connectivity index (χ0n) is 20.5. The molecule has 35 heavy (non-hydrogen) atoms. The van der Waals surface area contributed by atoms with E-state index in [0.717, 1.165) is 86.8 Å². The SMILES string of the molecule is CCCSc1nc2ccccc2n1C1CCN(C(=O)C2CCN(Cc3cnc(N)nc3)CC2)CC1. The van der Waals surface area contributed by atoms with E-state index in [2.05, 4.69) is 55.5 Å². The molecule has 2 aliphatic heterocycles. The molecule has 2 N–H and O–H groups in total. The van der Waals surface area contributed by atoms with Crippen LogP contribution in [0, 0.1) is 5.92 Å². The van der Waals surface area contributed by atoms with E-state index in [4.69, 9.17) is 10.7 Å². The highest BCUT2D eigenvalue weighted by molar-refractivity contribution is 7.99. The number of thioether (sulfide) groups is 1. The van der Waals surface area contributed by atoms with Gasteiger partial charge in [0, 0.05) is 55.3 Å². The van der Waals surface area contributed by atoms with Crippen LogP contribution in [0.3, 0.4) is 0 Å². The van der Waals surface area contributed by atoms with E-state index in [-0.39, 0.29) is 5.92 Å². The largest absolute Gasteiger partial charge is 0.368 e. The lowest BCUT2D eigenvalue weighted by Crippen LogP contribution is -2.45. The van der Waals surface area contributed by atoms with Crippen molar-refractivity contribution in [2.45, 2.75) is 56.8 Å². The van der Waals surface area contributed by atoms with Crippen molar-refractivity contribution in [2.24, 2.45) is 5.92 Å². The number of imidazole rings is 1. The third kappa shape index (κ3) is 5.46. The predicted octanol–water partition coefficient (Wildman–Crippen LogP) is 3.99. The highest BCUT2D eigenvalue weighted by Crippen LogP contribution is 2.34. The van der Waals surface area contributed by atoms with Crippen molar-refractivity contribution in [1.82, 2.24) is 29.3 Å². The monoisotopic (exact) mass is 493 g/mol. The third-order valence-electron chi connectivity index (χ3n) is 7.21. The standard InChI is InChI=1S/C26H35N7OS/c1-2-15-35-26-30-22-5-3-4-6-23(22)33(26)21-9-13-32(14-10-21)24(34)20-7-11-31(12-8-20)18-19-16-28-25(27)29-17-19/h3-6,16-17,20-21H,2,7-15,18H2,1H3,(H2,27,28,29). The van der Waals surface area contributed by atoms with Crippen LogP contribution in [0.4, 0.5) is 5.95 Å². The maximum atomic E-state index is 13.3. The Morgan fingerprint density at radius 3 is 2.49 bits per heavy atom. The number of amides is 1. The van der Waals surface area contributed by atoms with Gasteiger partial charge in [0.25, 0.3) is 0 Å². The lowest BCUT2D eigenvalue weighted by atomic mass is 9.93. The number of nitrogens with two attached hydrogens (primary N) is 1. The Morgan fingerprint density at radius 1 is 1.06 bits per heavy atom. The summed E-state index contributed by atoms with van der Waals surface area (Å²) in [6, 6.07) is 8.84.